The maximum absolute atomic E-state index is 11.5. The second kappa shape index (κ2) is 3.68. The Hall–Kier alpha value is -1.91. The normalized spacial score (nSPS) is 12.6. The van der Waals surface area contributed by atoms with Crippen molar-refractivity contribution in [3.63, 3.8) is 0 Å². The van der Waals surface area contributed by atoms with Gasteiger partial charge in [-0.15, -0.1) is 0 Å². The fourth-order valence-electron chi connectivity index (χ4n) is 1.50. The lowest BCUT2D eigenvalue weighted by atomic mass is 10.1. The minimum Gasteiger partial charge on any atom is -0.462 e. The molecular formula is C10H10N2O3. The summed E-state index contributed by atoms with van der Waals surface area (Å²) in [6, 6.07) is 1.24. The van der Waals surface area contributed by atoms with Gasteiger partial charge < -0.3 is 9.72 Å². The van der Waals surface area contributed by atoms with Crippen LogP contribution < -0.4 is 5.56 Å². The molecule has 78 valence electrons. The van der Waals surface area contributed by atoms with Gasteiger partial charge in [-0.3, -0.25) is 9.79 Å². The summed E-state index contributed by atoms with van der Waals surface area (Å²) in [5.74, 6) is -0.479. The minimum absolute atomic E-state index is 0.289. The van der Waals surface area contributed by atoms with Crippen molar-refractivity contribution in [2.75, 3.05) is 6.61 Å². The number of H-pyrrole nitrogens is 1. The zero-order valence-electron chi connectivity index (χ0n) is 8.24. The SMILES string of the molecule is CCOC(=O)c1cc(=O)[nH]c2c1C=NC2. The van der Waals surface area contributed by atoms with Crippen LogP contribution in [0, 0.1) is 0 Å². The van der Waals surface area contributed by atoms with Gasteiger partial charge in [0.1, 0.15) is 0 Å². The molecule has 0 bridgehead atoms. The Kier molecular flexibility index (Phi) is 2.37. The Balaban J connectivity index is 2.51. The van der Waals surface area contributed by atoms with E-state index in [1.165, 1.54) is 6.07 Å². The first kappa shape index (κ1) is 9.64. The van der Waals surface area contributed by atoms with Crippen molar-refractivity contribution in [3.05, 3.63) is 33.2 Å². The zero-order chi connectivity index (χ0) is 10.8. The van der Waals surface area contributed by atoms with Crippen LogP contribution in [0.25, 0.3) is 0 Å². The number of aromatic amines is 1. The first-order valence-electron chi connectivity index (χ1n) is 4.65. The molecule has 1 aromatic rings. The summed E-state index contributed by atoms with van der Waals surface area (Å²) in [5.41, 5.74) is 1.32. The lowest BCUT2D eigenvalue weighted by Crippen LogP contribution is -2.16. The van der Waals surface area contributed by atoms with Crippen molar-refractivity contribution >= 4 is 12.2 Å². The molecule has 0 aliphatic carbocycles. The molecule has 5 nitrogen and oxygen atoms in total. The molecule has 5 heteroatoms. The molecule has 1 aromatic heterocycles. The standard InChI is InChI=1S/C10H10N2O3/c1-2-15-10(14)6-3-9(13)12-8-5-11-4-7(6)8/h3-4H,2,5H2,1H3,(H,12,13). The lowest BCUT2D eigenvalue weighted by Gasteiger charge is -2.05. The van der Waals surface area contributed by atoms with Crippen molar-refractivity contribution in [1.29, 1.82) is 0 Å². The van der Waals surface area contributed by atoms with E-state index < -0.39 is 5.97 Å². The second-order valence-corrected chi connectivity index (χ2v) is 3.13. The number of nitrogens with zero attached hydrogens (tertiary/aromatic N) is 1. The average molecular weight is 206 g/mol. The van der Waals surface area contributed by atoms with Crippen LogP contribution in [0.4, 0.5) is 0 Å². The van der Waals surface area contributed by atoms with Gasteiger partial charge in [-0.25, -0.2) is 4.79 Å². The highest BCUT2D eigenvalue weighted by Crippen LogP contribution is 2.15. The third kappa shape index (κ3) is 1.68. The van der Waals surface area contributed by atoms with Crippen LogP contribution in [0.5, 0.6) is 0 Å². The third-order valence-electron chi connectivity index (χ3n) is 2.13. The smallest absolute Gasteiger partial charge is 0.339 e. The quantitative estimate of drug-likeness (QED) is 0.715. The van der Waals surface area contributed by atoms with Crippen LogP contribution in [-0.2, 0) is 11.3 Å². The molecule has 0 unspecified atom stereocenters. The monoisotopic (exact) mass is 206 g/mol. The Labute approximate surface area is 85.8 Å². The Morgan fingerprint density at radius 1 is 1.67 bits per heavy atom. The highest BCUT2D eigenvalue weighted by Gasteiger charge is 2.18. The van der Waals surface area contributed by atoms with E-state index in [9.17, 15) is 9.59 Å². The predicted molar refractivity (Wildman–Crippen MR) is 54.3 cm³/mol. The average Bonchev–Trinajstić information content (AvgIpc) is 2.64. The van der Waals surface area contributed by atoms with Crippen LogP contribution >= 0.6 is 0 Å². The first-order valence-corrected chi connectivity index (χ1v) is 4.65. The molecule has 1 aliphatic heterocycles. The van der Waals surface area contributed by atoms with Crippen LogP contribution in [0.1, 0.15) is 28.5 Å². The van der Waals surface area contributed by atoms with E-state index in [1.54, 1.807) is 13.1 Å². The Bertz CT molecular complexity index is 488. The molecule has 2 rings (SSSR count). The summed E-state index contributed by atoms with van der Waals surface area (Å²) in [6.07, 6.45) is 1.58. The number of rotatable bonds is 2. The predicted octanol–water partition coefficient (Wildman–Crippen LogP) is 0.484. The van der Waals surface area contributed by atoms with Gasteiger partial charge in [0.15, 0.2) is 0 Å². The van der Waals surface area contributed by atoms with Crippen molar-refractivity contribution in [3.8, 4) is 0 Å². The van der Waals surface area contributed by atoms with Gasteiger partial charge in [0, 0.05) is 23.5 Å². The van der Waals surface area contributed by atoms with Gasteiger partial charge in [-0.2, -0.15) is 0 Å². The maximum Gasteiger partial charge on any atom is 0.339 e. The highest BCUT2D eigenvalue weighted by molar-refractivity contribution is 6.00. The van der Waals surface area contributed by atoms with Gasteiger partial charge in [0.05, 0.1) is 18.7 Å². The fraction of sp³-hybridized carbons (Fsp3) is 0.300. The molecule has 0 spiro atoms. The molecule has 15 heavy (non-hydrogen) atoms. The van der Waals surface area contributed by atoms with Gasteiger partial charge in [0.25, 0.3) is 0 Å². The van der Waals surface area contributed by atoms with Crippen molar-refractivity contribution in [1.82, 2.24) is 4.98 Å². The van der Waals surface area contributed by atoms with E-state index in [-0.39, 0.29) is 17.7 Å². The van der Waals surface area contributed by atoms with Gasteiger partial charge >= 0.3 is 5.97 Å². The molecule has 0 saturated carbocycles. The molecule has 0 amide bonds. The first-order chi connectivity index (χ1) is 7.22. The van der Waals surface area contributed by atoms with Crippen LogP contribution in [0.15, 0.2) is 15.9 Å². The highest BCUT2D eigenvalue weighted by atomic mass is 16.5. The molecule has 1 N–H and O–H groups in total. The molecule has 0 fully saturated rings. The van der Waals surface area contributed by atoms with Crippen molar-refractivity contribution in [2.45, 2.75) is 13.5 Å². The summed E-state index contributed by atoms with van der Waals surface area (Å²) < 4.78 is 4.85. The van der Waals surface area contributed by atoms with E-state index in [4.69, 9.17) is 4.74 Å². The van der Waals surface area contributed by atoms with Crippen molar-refractivity contribution in [2.24, 2.45) is 4.99 Å². The third-order valence-corrected chi connectivity index (χ3v) is 2.13. The number of aliphatic imine (C=N–C) groups is 1. The fourth-order valence-corrected chi connectivity index (χ4v) is 1.50. The number of carbonyl (C=O) groups is 1. The molecule has 0 radical (unpaired) electrons. The minimum atomic E-state index is -0.479. The number of fused-ring (bicyclic) bond motifs is 1. The summed E-state index contributed by atoms with van der Waals surface area (Å²) in [4.78, 5) is 29.4. The number of aromatic nitrogens is 1. The Morgan fingerprint density at radius 3 is 3.20 bits per heavy atom. The number of carbonyl (C=O) groups excluding carboxylic acids is 1. The number of nitrogens with one attached hydrogen (secondary N) is 1. The van der Waals surface area contributed by atoms with Crippen LogP contribution in [0.2, 0.25) is 0 Å². The second-order valence-electron chi connectivity index (χ2n) is 3.13. The van der Waals surface area contributed by atoms with Crippen molar-refractivity contribution < 1.29 is 9.53 Å². The summed E-state index contributed by atoms with van der Waals surface area (Å²) in [5, 5.41) is 0. The number of esters is 1. The van der Waals surface area contributed by atoms with E-state index in [0.29, 0.717) is 17.8 Å². The number of hydrogen-bond donors (Lipinski definition) is 1. The molecule has 0 atom stereocenters. The lowest BCUT2D eigenvalue weighted by molar-refractivity contribution is 0.0526. The largest absolute Gasteiger partial charge is 0.462 e. The van der Waals surface area contributed by atoms with Crippen LogP contribution in [0.3, 0.4) is 0 Å². The summed E-state index contributed by atoms with van der Waals surface area (Å²) >= 11 is 0. The maximum atomic E-state index is 11.5. The molecule has 0 aromatic carbocycles. The molecule has 0 saturated heterocycles. The zero-order valence-corrected chi connectivity index (χ0v) is 8.24. The number of pyridine rings is 1. The Morgan fingerprint density at radius 2 is 2.47 bits per heavy atom. The topological polar surface area (TPSA) is 71.5 Å². The molecular weight excluding hydrogens is 196 g/mol. The van der Waals surface area contributed by atoms with E-state index in [1.807, 2.05) is 0 Å². The van der Waals surface area contributed by atoms with Gasteiger partial charge in [0.2, 0.25) is 5.56 Å². The van der Waals surface area contributed by atoms with E-state index in [0.717, 1.165) is 0 Å². The van der Waals surface area contributed by atoms with E-state index in [2.05, 4.69) is 9.98 Å². The summed E-state index contributed by atoms with van der Waals surface area (Å²) in [6.45, 7) is 2.43. The van der Waals surface area contributed by atoms with Crippen LogP contribution in [-0.4, -0.2) is 23.8 Å². The molecule has 2 heterocycles. The number of hydrogen-bond acceptors (Lipinski definition) is 4. The van der Waals surface area contributed by atoms with Gasteiger partial charge in [-0.1, -0.05) is 0 Å². The molecule has 1 aliphatic rings. The van der Waals surface area contributed by atoms with Gasteiger partial charge in [-0.05, 0) is 6.92 Å². The number of ether oxygens (including phenoxy) is 1. The van der Waals surface area contributed by atoms with E-state index >= 15 is 0 Å². The summed E-state index contributed by atoms with van der Waals surface area (Å²) in [7, 11) is 0.